The van der Waals surface area contributed by atoms with Gasteiger partial charge in [0.15, 0.2) is 9.84 Å². The summed E-state index contributed by atoms with van der Waals surface area (Å²) in [5.74, 6) is 5.11. The van der Waals surface area contributed by atoms with Crippen molar-refractivity contribution in [1.29, 1.82) is 0 Å². The maximum absolute atomic E-state index is 11.8. The van der Waals surface area contributed by atoms with Gasteiger partial charge in [0.05, 0.1) is 4.90 Å². The molecule has 1 aromatic carbocycles. The molecule has 0 saturated carbocycles. The van der Waals surface area contributed by atoms with Crippen molar-refractivity contribution in [3.05, 3.63) is 43.0 Å². The number of nitrogens with two attached hydrogens (primary N) is 1. The molecule has 0 radical (unpaired) electrons. The molecule has 0 heterocycles. The summed E-state index contributed by atoms with van der Waals surface area (Å²) in [4.78, 5) is 0.225. The topological polar surface area (TPSA) is 72.2 Å². The van der Waals surface area contributed by atoms with Gasteiger partial charge in [-0.25, -0.2) is 13.8 Å². The van der Waals surface area contributed by atoms with Gasteiger partial charge in [-0.2, -0.15) is 0 Å². The van der Waals surface area contributed by atoms with Gasteiger partial charge in [-0.15, -0.1) is 6.58 Å². The molecule has 1 aromatic rings. The molecule has 1 rings (SSSR count). The Balaban J connectivity index is 3.14. The fraction of sp³-hybridized carbons (Fsp3) is 0.111. The van der Waals surface area contributed by atoms with E-state index in [-0.39, 0.29) is 4.90 Å². The van der Waals surface area contributed by atoms with E-state index in [1.54, 1.807) is 18.2 Å². The third-order valence-electron chi connectivity index (χ3n) is 1.78. The fourth-order valence-corrected chi connectivity index (χ4v) is 2.30. The van der Waals surface area contributed by atoms with E-state index in [1.807, 2.05) is 0 Å². The van der Waals surface area contributed by atoms with Gasteiger partial charge < -0.3 is 0 Å². The molecule has 1 atom stereocenters. The summed E-state index contributed by atoms with van der Waals surface area (Å²) in [6.45, 7) is 3.40. The second-order valence-corrected chi connectivity index (χ2v) is 4.75. The quantitative estimate of drug-likeness (QED) is 0.431. The summed E-state index contributed by atoms with van der Waals surface area (Å²) >= 11 is 0. The van der Waals surface area contributed by atoms with Crippen molar-refractivity contribution in [2.75, 3.05) is 0 Å². The Morgan fingerprint density at radius 3 is 2.36 bits per heavy atom. The molecule has 0 aliphatic rings. The summed E-state index contributed by atoms with van der Waals surface area (Å²) < 4.78 is 23.6. The third kappa shape index (κ3) is 2.01. The lowest BCUT2D eigenvalue weighted by Crippen LogP contribution is -2.39. The number of hydrogen-bond acceptors (Lipinski definition) is 4. The molecule has 0 aliphatic carbocycles. The zero-order valence-electron chi connectivity index (χ0n) is 7.55. The molecule has 4 nitrogen and oxygen atoms in total. The normalized spacial score (nSPS) is 13.5. The molecular formula is C9H12N2O2S. The van der Waals surface area contributed by atoms with E-state index in [4.69, 9.17) is 5.84 Å². The second-order valence-electron chi connectivity index (χ2n) is 2.68. The van der Waals surface area contributed by atoms with Crippen molar-refractivity contribution < 1.29 is 8.42 Å². The number of nitrogens with one attached hydrogen (secondary N) is 1. The summed E-state index contributed by atoms with van der Waals surface area (Å²) in [5.41, 5.74) is 2.18. The van der Waals surface area contributed by atoms with E-state index in [9.17, 15) is 8.42 Å². The largest absolute Gasteiger partial charge is 0.270 e. The average molecular weight is 212 g/mol. The van der Waals surface area contributed by atoms with Gasteiger partial charge in [-0.3, -0.25) is 5.84 Å². The lowest BCUT2D eigenvalue weighted by molar-refractivity contribution is 0.575. The Labute approximate surface area is 83.3 Å². The van der Waals surface area contributed by atoms with Gasteiger partial charge >= 0.3 is 0 Å². The molecule has 76 valence electrons. The van der Waals surface area contributed by atoms with E-state index >= 15 is 0 Å². The molecule has 5 heteroatoms. The summed E-state index contributed by atoms with van der Waals surface area (Å²) in [7, 11) is -3.46. The Morgan fingerprint density at radius 1 is 1.36 bits per heavy atom. The van der Waals surface area contributed by atoms with Crippen LogP contribution in [0.4, 0.5) is 0 Å². The van der Waals surface area contributed by atoms with Crippen LogP contribution in [0.1, 0.15) is 0 Å². The number of rotatable bonds is 4. The standard InChI is InChI=1S/C9H12N2O2S/c1-2-9(11-10)14(12,13)8-6-4-3-5-7-8/h2-7,9,11H,1,10H2. The maximum Gasteiger partial charge on any atom is 0.199 e. The highest BCUT2D eigenvalue weighted by molar-refractivity contribution is 7.92. The third-order valence-corrected chi connectivity index (χ3v) is 3.71. The van der Waals surface area contributed by atoms with Crippen molar-refractivity contribution in [2.24, 2.45) is 5.84 Å². The van der Waals surface area contributed by atoms with Crippen LogP contribution in [0.5, 0.6) is 0 Å². The van der Waals surface area contributed by atoms with E-state index in [0.29, 0.717) is 0 Å². The van der Waals surface area contributed by atoms with Crippen LogP contribution in [0.3, 0.4) is 0 Å². The zero-order valence-corrected chi connectivity index (χ0v) is 8.37. The number of hydrogen-bond donors (Lipinski definition) is 2. The van der Waals surface area contributed by atoms with Crippen LogP contribution in [0.25, 0.3) is 0 Å². The molecule has 0 fully saturated rings. The maximum atomic E-state index is 11.8. The number of sulfone groups is 1. The molecule has 0 aromatic heterocycles. The van der Waals surface area contributed by atoms with Crippen molar-refractivity contribution in [1.82, 2.24) is 5.43 Å². The highest BCUT2D eigenvalue weighted by Gasteiger charge is 2.22. The SMILES string of the molecule is C=CC(NN)S(=O)(=O)c1ccccc1. The van der Waals surface area contributed by atoms with Crippen molar-refractivity contribution in [3.8, 4) is 0 Å². The number of hydrazine groups is 1. The van der Waals surface area contributed by atoms with Gasteiger partial charge in [0, 0.05) is 0 Å². The highest BCUT2D eigenvalue weighted by Crippen LogP contribution is 2.13. The highest BCUT2D eigenvalue weighted by atomic mass is 32.2. The molecule has 1 unspecified atom stereocenters. The van der Waals surface area contributed by atoms with E-state index in [0.717, 1.165) is 0 Å². The Hall–Kier alpha value is -1.17. The van der Waals surface area contributed by atoms with Crippen LogP contribution in [0.2, 0.25) is 0 Å². The molecule has 0 spiro atoms. The lowest BCUT2D eigenvalue weighted by atomic mass is 10.4. The molecule has 0 aliphatic heterocycles. The average Bonchev–Trinajstić information content (AvgIpc) is 2.20. The minimum atomic E-state index is -3.46. The van der Waals surface area contributed by atoms with E-state index in [2.05, 4.69) is 12.0 Å². The molecule has 14 heavy (non-hydrogen) atoms. The molecule has 0 bridgehead atoms. The van der Waals surface area contributed by atoms with Crippen LogP contribution < -0.4 is 11.3 Å². The van der Waals surface area contributed by atoms with Crippen LogP contribution in [-0.2, 0) is 9.84 Å². The van der Waals surface area contributed by atoms with Gasteiger partial charge in [-0.05, 0) is 12.1 Å². The van der Waals surface area contributed by atoms with Gasteiger partial charge in [0.2, 0.25) is 0 Å². The summed E-state index contributed by atoms with van der Waals surface area (Å²) in [6, 6.07) is 8.09. The molecule has 3 N–H and O–H groups in total. The van der Waals surface area contributed by atoms with Gasteiger partial charge in [-0.1, -0.05) is 24.3 Å². The van der Waals surface area contributed by atoms with Crippen molar-refractivity contribution in [3.63, 3.8) is 0 Å². The minimum Gasteiger partial charge on any atom is -0.270 e. The number of benzene rings is 1. The monoisotopic (exact) mass is 212 g/mol. The van der Waals surface area contributed by atoms with Gasteiger partial charge in [0.1, 0.15) is 5.37 Å². The first-order valence-electron chi connectivity index (χ1n) is 4.00. The van der Waals surface area contributed by atoms with Crippen molar-refractivity contribution >= 4 is 9.84 Å². The first kappa shape index (κ1) is 10.9. The Morgan fingerprint density at radius 2 is 1.93 bits per heavy atom. The predicted octanol–water partition coefficient (Wildman–Crippen LogP) is 0.436. The fourth-order valence-electron chi connectivity index (χ4n) is 1.04. The minimum absolute atomic E-state index is 0.225. The lowest BCUT2D eigenvalue weighted by Gasteiger charge is -2.11. The van der Waals surface area contributed by atoms with Crippen LogP contribution in [0.15, 0.2) is 47.9 Å². The molecular weight excluding hydrogens is 200 g/mol. The van der Waals surface area contributed by atoms with Crippen LogP contribution in [-0.4, -0.2) is 13.8 Å². The predicted molar refractivity (Wildman–Crippen MR) is 54.9 cm³/mol. The Kier molecular flexibility index (Phi) is 3.40. The summed E-state index contributed by atoms with van der Waals surface area (Å²) in [5, 5.41) is -0.954. The second kappa shape index (κ2) is 4.36. The zero-order chi connectivity index (χ0) is 10.6. The first-order valence-corrected chi connectivity index (χ1v) is 5.55. The summed E-state index contributed by atoms with van der Waals surface area (Å²) in [6.07, 6.45) is 1.25. The van der Waals surface area contributed by atoms with E-state index in [1.165, 1.54) is 18.2 Å². The van der Waals surface area contributed by atoms with Crippen LogP contribution >= 0.6 is 0 Å². The smallest absolute Gasteiger partial charge is 0.199 e. The first-order chi connectivity index (χ1) is 6.62. The van der Waals surface area contributed by atoms with E-state index < -0.39 is 15.2 Å². The van der Waals surface area contributed by atoms with Gasteiger partial charge in [0.25, 0.3) is 0 Å². The van der Waals surface area contributed by atoms with Crippen molar-refractivity contribution in [2.45, 2.75) is 10.3 Å². The van der Waals surface area contributed by atoms with Crippen LogP contribution in [0, 0.1) is 0 Å². The molecule has 0 saturated heterocycles. The Bertz CT molecular complexity index is 400. The molecule has 0 amide bonds.